The van der Waals surface area contributed by atoms with E-state index in [1.165, 1.54) is 18.2 Å². The number of rotatable bonds is 6. The van der Waals surface area contributed by atoms with E-state index in [1.54, 1.807) is 6.92 Å². The molecular weight excluding hydrogens is 451 g/mol. The summed E-state index contributed by atoms with van der Waals surface area (Å²) in [5.41, 5.74) is -1.71. The Labute approximate surface area is 185 Å². The predicted molar refractivity (Wildman–Crippen MR) is 107 cm³/mol. The number of carbonyl (C=O) groups is 1. The van der Waals surface area contributed by atoms with E-state index in [0.29, 0.717) is 5.56 Å². The zero-order valence-electron chi connectivity index (χ0n) is 17.3. The van der Waals surface area contributed by atoms with Crippen LogP contribution in [0.2, 0.25) is 0 Å². The number of nitrogens with zero attached hydrogens (tertiary/aromatic N) is 1. The summed E-state index contributed by atoms with van der Waals surface area (Å²) >= 11 is 0. The van der Waals surface area contributed by atoms with Gasteiger partial charge in [0.05, 0.1) is 16.8 Å². The number of Topliss-reactive ketones (excluding diaryl/α,β-unsaturated/α-hetero) is 1. The molecule has 1 heterocycles. The number of hydrogen-bond donors (Lipinski definition) is 0. The summed E-state index contributed by atoms with van der Waals surface area (Å²) in [4.78, 5) is 16.6. The van der Waals surface area contributed by atoms with Crippen LogP contribution in [0, 0.1) is 12.7 Å². The van der Waals surface area contributed by atoms with E-state index in [-0.39, 0.29) is 17.5 Å². The van der Waals surface area contributed by atoms with Crippen LogP contribution in [0.4, 0.5) is 30.7 Å². The molecule has 0 radical (unpaired) electrons. The Morgan fingerprint density at radius 1 is 0.939 bits per heavy atom. The molecule has 0 amide bonds. The Kier molecular flexibility index (Phi) is 6.90. The van der Waals surface area contributed by atoms with Crippen LogP contribution in [0.3, 0.4) is 0 Å². The van der Waals surface area contributed by atoms with Gasteiger partial charge < -0.3 is 0 Å². The highest BCUT2D eigenvalue weighted by Gasteiger charge is 2.37. The molecule has 9 heteroatoms. The molecule has 3 rings (SSSR count). The van der Waals surface area contributed by atoms with Gasteiger partial charge in [-0.2, -0.15) is 26.3 Å². The van der Waals surface area contributed by atoms with Crippen molar-refractivity contribution in [3.8, 4) is 0 Å². The molecule has 0 saturated heterocycles. The van der Waals surface area contributed by atoms with Gasteiger partial charge in [-0.1, -0.05) is 29.8 Å². The second kappa shape index (κ2) is 9.33. The van der Waals surface area contributed by atoms with E-state index in [2.05, 4.69) is 4.98 Å². The Hall–Kier alpha value is -3.23. The van der Waals surface area contributed by atoms with E-state index in [1.807, 2.05) is 0 Å². The molecule has 0 fully saturated rings. The molecule has 0 aliphatic carbocycles. The lowest BCUT2D eigenvalue weighted by Gasteiger charge is -2.21. The van der Waals surface area contributed by atoms with Crippen molar-refractivity contribution < 1.29 is 35.5 Å². The molecular formula is C24H18F7NO. The summed E-state index contributed by atoms with van der Waals surface area (Å²) in [5, 5.41) is 0. The Morgan fingerprint density at radius 2 is 1.61 bits per heavy atom. The fourth-order valence-electron chi connectivity index (χ4n) is 3.56. The number of aryl methyl sites for hydroxylation is 1. The normalized spacial score (nSPS) is 13.1. The third-order valence-electron chi connectivity index (χ3n) is 5.14. The van der Waals surface area contributed by atoms with Gasteiger partial charge in [0.1, 0.15) is 11.6 Å². The summed E-state index contributed by atoms with van der Waals surface area (Å²) in [7, 11) is 0. The largest absolute Gasteiger partial charge is 0.418 e. The van der Waals surface area contributed by atoms with Crippen LogP contribution in [-0.4, -0.2) is 10.8 Å². The minimum Gasteiger partial charge on any atom is -0.299 e. The number of alkyl halides is 6. The fourth-order valence-corrected chi connectivity index (χ4v) is 3.56. The van der Waals surface area contributed by atoms with Crippen molar-refractivity contribution in [2.75, 3.05) is 0 Å². The summed E-state index contributed by atoms with van der Waals surface area (Å²) in [6, 6.07) is 9.58. The maximum atomic E-state index is 14.1. The highest BCUT2D eigenvalue weighted by Crippen LogP contribution is 2.39. The molecule has 0 aliphatic heterocycles. The average molecular weight is 469 g/mol. The van der Waals surface area contributed by atoms with E-state index in [4.69, 9.17) is 0 Å². The molecule has 2 nitrogen and oxygen atoms in total. The molecule has 2 aromatic carbocycles. The number of hydrogen-bond acceptors (Lipinski definition) is 2. The monoisotopic (exact) mass is 469 g/mol. The Balaban J connectivity index is 2.01. The van der Waals surface area contributed by atoms with Gasteiger partial charge in [0, 0.05) is 25.0 Å². The standard InChI is InChI=1S/C24H18F7NO/c1-14-4-9-21(25)16(11-14)12-18(33)13-19(15-5-7-17(8-6-15)23(26,27)28)22-20(24(29,30)31)3-2-10-32-22/h2-11,19H,12-13H2,1H3/t19-/m0/s1. The number of benzene rings is 2. The molecule has 0 spiro atoms. The van der Waals surface area contributed by atoms with E-state index in [9.17, 15) is 35.5 Å². The van der Waals surface area contributed by atoms with Crippen LogP contribution in [0.15, 0.2) is 60.8 Å². The second-order valence-corrected chi connectivity index (χ2v) is 7.62. The number of ketones is 1. The van der Waals surface area contributed by atoms with Crippen molar-refractivity contribution in [3.05, 3.63) is 100 Å². The number of aromatic nitrogens is 1. The molecule has 33 heavy (non-hydrogen) atoms. The first kappa shape index (κ1) is 24.4. The minimum absolute atomic E-state index is 0.0604. The highest BCUT2D eigenvalue weighted by molar-refractivity contribution is 5.82. The van der Waals surface area contributed by atoms with E-state index < -0.39 is 53.1 Å². The lowest BCUT2D eigenvalue weighted by molar-refractivity contribution is -0.139. The topological polar surface area (TPSA) is 30.0 Å². The zero-order valence-corrected chi connectivity index (χ0v) is 17.3. The van der Waals surface area contributed by atoms with Gasteiger partial charge in [0.15, 0.2) is 0 Å². The maximum Gasteiger partial charge on any atom is 0.418 e. The molecule has 0 aliphatic rings. The van der Waals surface area contributed by atoms with E-state index in [0.717, 1.165) is 42.6 Å². The number of pyridine rings is 1. The first-order valence-corrected chi connectivity index (χ1v) is 9.82. The molecule has 1 aromatic heterocycles. The van der Waals surface area contributed by atoms with Crippen molar-refractivity contribution >= 4 is 5.78 Å². The van der Waals surface area contributed by atoms with Gasteiger partial charge in [-0.05, 0) is 48.4 Å². The summed E-state index contributed by atoms with van der Waals surface area (Å²) in [6.07, 6.45) is -9.18. The lowest BCUT2D eigenvalue weighted by Crippen LogP contribution is -2.18. The van der Waals surface area contributed by atoms with Crippen LogP contribution in [0.25, 0.3) is 0 Å². The van der Waals surface area contributed by atoms with Crippen molar-refractivity contribution in [1.29, 1.82) is 0 Å². The van der Waals surface area contributed by atoms with Crippen molar-refractivity contribution in [3.63, 3.8) is 0 Å². The smallest absolute Gasteiger partial charge is 0.299 e. The number of carbonyl (C=O) groups excluding carboxylic acids is 1. The van der Waals surface area contributed by atoms with Gasteiger partial charge in [0.2, 0.25) is 0 Å². The maximum absolute atomic E-state index is 14.1. The summed E-state index contributed by atoms with van der Waals surface area (Å²) in [5.74, 6) is -2.48. The molecule has 174 valence electrons. The van der Waals surface area contributed by atoms with Gasteiger partial charge in [-0.15, -0.1) is 0 Å². The zero-order chi connectivity index (χ0) is 24.4. The molecule has 0 saturated carbocycles. The summed E-state index contributed by atoms with van der Waals surface area (Å²) in [6.45, 7) is 1.70. The van der Waals surface area contributed by atoms with Crippen LogP contribution >= 0.6 is 0 Å². The van der Waals surface area contributed by atoms with Crippen LogP contribution in [-0.2, 0) is 23.6 Å². The minimum atomic E-state index is -4.79. The first-order valence-electron chi connectivity index (χ1n) is 9.82. The first-order chi connectivity index (χ1) is 15.4. The molecule has 3 aromatic rings. The van der Waals surface area contributed by atoms with Crippen molar-refractivity contribution in [2.24, 2.45) is 0 Å². The Bertz CT molecular complexity index is 1130. The molecule has 0 unspecified atom stereocenters. The quantitative estimate of drug-likeness (QED) is 0.368. The third kappa shape index (κ3) is 5.97. The SMILES string of the molecule is Cc1ccc(F)c(CC(=O)C[C@@H](c2ccc(C(F)(F)F)cc2)c2ncccc2C(F)(F)F)c1. The molecule has 1 atom stereocenters. The molecule has 0 N–H and O–H groups in total. The number of halogens is 7. The van der Waals surface area contributed by atoms with Gasteiger partial charge >= 0.3 is 12.4 Å². The third-order valence-corrected chi connectivity index (χ3v) is 5.14. The lowest BCUT2D eigenvalue weighted by atomic mass is 9.86. The average Bonchev–Trinajstić information content (AvgIpc) is 2.73. The van der Waals surface area contributed by atoms with Gasteiger partial charge in [0.25, 0.3) is 0 Å². The van der Waals surface area contributed by atoms with Crippen molar-refractivity contribution in [1.82, 2.24) is 4.98 Å². The molecule has 0 bridgehead atoms. The van der Waals surface area contributed by atoms with Crippen LogP contribution < -0.4 is 0 Å². The van der Waals surface area contributed by atoms with Gasteiger partial charge in [-0.25, -0.2) is 4.39 Å². The summed E-state index contributed by atoms with van der Waals surface area (Å²) < 4.78 is 93.7. The van der Waals surface area contributed by atoms with Crippen LogP contribution in [0.5, 0.6) is 0 Å². The Morgan fingerprint density at radius 3 is 2.21 bits per heavy atom. The predicted octanol–water partition coefficient (Wildman–Crippen LogP) is 6.90. The fraction of sp³-hybridized carbons (Fsp3) is 0.250. The van der Waals surface area contributed by atoms with E-state index >= 15 is 0 Å². The van der Waals surface area contributed by atoms with Crippen LogP contribution in [0.1, 0.15) is 45.8 Å². The highest BCUT2D eigenvalue weighted by atomic mass is 19.4. The van der Waals surface area contributed by atoms with Gasteiger partial charge in [-0.3, -0.25) is 9.78 Å². The van der Waals surface area contributed by atoms with Crippen molar-refractivity contribution in [2.45, 2.75) is 38.0 Å². The second-order valence-electron chi connectivity index (χ2n) is 7.62.